The number of fused-ring (bicyclic) bond motifs is 1. The molecule has 0 radical (unpaired) electrons. The Bertz CT molecular complexity index is 1390. The molecule has 1 aliphatic rings. The molecule has 41 heavy (non-hydrogen) atoms. The van der Waals surface area contributed by atoms with Crippen LogP contribution < -0.4 is 9.47 Å². The number of carbonyl (C=O) groups is 2. The Morgan fingerprint density at radius 2 is 1.37 bits per heavy atom. The van der Waals surface area contributed by atoms with Crippen LogP contribution in [0.5, 0.6) is 11.5 Å². The average Bonchev–Trinajstić information content (AvgIpc) is 2.91. The molecule has 218 valence electrons. The third kappa shape index (κ3) is 9.27. The summed E-state index contributed by atoms with van der Waals surface area (Å²) in [7, 11) is 0. The number of benzene rings is 3. The largest absolute Gasteiger partial charge is 0.489 e. The van der Waals surface area contributed by atoms with Crippen LogP contribution in [0.15, 0.2) is 48.5 Å². The minimum Gasteiger partial charge on any atom is -0.489 e. The lowest BCUT2D eigenvalue weighted by Gasteiger charge is -2.20. The molecule has 3 aromatic rings. The average molecular weight is 638 g/mol. The van der Waals surface area contributed by atoms with Crippen molar-refractivity contribution < 1.29 is 23.8 Å². The number of hydrogen-bond donors (Lipinski definition) is 0. The van der Waals surface area contributed by atoms with Gasteiger partial charge in [-0.05, 0) is 74.9 Å². The summed E-state index contributed by atoms with van der Waals surface area (Å²) in [6, 6.07) is 13.9. The van der Waals surface area contributed by atoms with Crippen LogP contribution in [0.1, 0.15) is 78.9 Å². The van der Waals surface area contributed by atoms with Crippen molar-refractivity contribution >= 4 is 58.2 Å². The van der Waals surface area contributed by atoms with E-state index >= 15 is 0 Å². The summed E-state index contributed by atoms with van der Waals surface area (Å²) in [6.07, 6.45) is 5.06. The third-order valence-electron chi connectivity index (χ3n) is 6.95. The Labute approximate surface area is 261 Å². The number of ketones is 1. The quantitative estimate of drug-likeness (QED) is 0.252. The number of ether oxygens (including phenoxy) is 3. The SMILES string of the molecule is CC1CCCC(=O)CCCCCc2cc(OCc3ccc(Cl)cc3Cl)cc(OCc3ccc(Cl)cc3Cl)c2C(=O)O1. The number of rotatable bonds is 6. The van der Waals surface area contributed by atoms with Gasteiger partial charge in [0, 0.05) is 50.1 Å². The van der Waals surface area contributed by atoms with Crippen molar-refractivity contribution in [3.05, 3.63) is 90.9 Å². The van der Waals surface area contributed by atoms with Crippen molar-refractivity contribution in [2.24, 2.45) is 0 Å². The van der Waals surface area contributed by atoms with Crippen molar-refractivity contribution in [1.29, 1.82) is 0 Å². The molecule has 0 bridgehead atoms. The van der Waals surface area contributed by atoms with Gasteiger partial charge >= 0.3 is 5.97 Å². The van der Waals surface area contributed by atoms with Crippen molar-refractivity contribution in [2.75, 3.05) is 0 Å². The number of halogens is 4. The first kappa shape index (κ1) is 31.5. The zero-order chi connectivity index (χ0) is 29.4. The van der Waals surface area contributed by atoms with E-state index in [-0.39, 0.29) is 25.1 Å². The van der Waals surface area contributed by atoms with Gasteiger partial charge in [0.15, 0.2) is 0 Å². The Hall–Kier alpha value is -2.44. The molecule has 0 saturated carbocycles. The summed E-state index contributed by atoms with van der Waals surface area (Å²) < 4.78 is 18.2. The van der Waals surface area contributed by atoms with Crippen LogP contribution in [0.4, 0.5) is 0 Å². The van der Waals surface area contributed by atoms with E-state index in [0.717, 1.165) is 36.0 Å². The number of cyclic esters (lactones) is 1. The molecule has 0 spiro atoms. The Morgan fingerprint density at radius 3 is 2.02 bits per heavy atom. The highest BCUT2D eigenvalue weighted by Crippen LogP contribution is 2.34. The summed E-state index contributed by atoms with van der Waals surface area (Å²) >= 11 is 24.9. The van der Waals surface area contributed by atoms with E-state index < -0.39 is 5.97 Å². The van der Waals surface area contributed by atoms with Crippen molar-refractivity contribution in [3.63, 3.8) is 0 Å². The van der Waals surface area contributed by atoms with Crippen molar-refractivity contribution in [3.8, 4) is 11.5 Å². The van der Waals surface area contributed by atoms with E-state index in [0.29, 0.717) is 69.3 Å². The van der Waals surface area contributed by atoms with Gasteiger partial charge < -0.3 is 14.2 Å². The monoisotopic (exact) mass is 636 g/mol. The van der Waals surface area contributed by atoms with Gasteiger partial charge in [0.25, 0.3) is 0 Å². The molecule has 1 heterocycles. The predicted octanol–water partition coefficient (Wildman–Crippen LogP) is 9.86. The first-order chi connectivity index (χ1) is 19.7. The van der Waals surface area contributed by atoms with Gasteiger partial charge in [0.05, 0.1) is 6.10 Å². The van der Waals surface area contributed by atoms with Gasteiger partial charge in [-0.3, -0.25) is 4.79 Å². The second-order valence-corrected chi connectivity index (χ2v) is 11.9. The second-order valence-electron chi connectivity index (χ2n) is 10.2. The molecular formula is C32H32Cl4O5. The maximum Gasteiger partial charge on any atom is 0.342 e. The molecule has 0 amide bonds. The van der Waals surface area contributed by atoms with E-state index in [9.17, 15) is 9.59 Å². The van der Waals surface area contributed by atoms with Gasteiger partial charge in [-0.25, -0.2) is 4.79 Å². The lowest BCUT2D eigenvalue weighted by molar-refractivity contribution is -0.119. The highest BCUT2D eigenvalue weighted by Gasteiger charge is 2.24. The lowest BCUT2D eigenvalue weighted by atomic mass is 9.98. The fourth-order valence-corrected chi connectivity index (χ4v) is 5.62. The molecule has 0 fully saturated rings. The molecule has 0 aromatic heterocycles. The molecule has 0 aliphatic carbocycles. The molecular weight excluding hydrogens is 606 g/mol. The fraction of sp³-hybridized carbons (Fsp3) is 0.375. The zero-order valence-corrected chi connectivity index (χ0v) is 25.8. The van der Waals surface area contributed by atoms with Crippen LogP contribution in [0.25, 0.3) is 0 Å². The predicted molar refractivity (Wildman–Crippen MR) is 164 cm³/mol. The molecule has 9 heteroatoms. The lowest BCUT2D eigenvalue weighted by Crippen LogP contribution is -2.18. The van der Waals surface area contributed by atoms with E-state index in [1.807, 2.05) is 19.1 Å². The summed E-state index contributed by atoms with van der Waals surface area (Å²) in [5.41, 5.74) is 2.61. The molecule has 1 aliphatic heterocycles. The molecule has 3 aromatic carbocycles. The normalized spacial score (nSPS) is 16.9. The number of Topliss-reactive ketones (excluding diaryl/α,β-unsaturated/α-hetero) is 1. The standard InChI is InChI=1S/C32H32Cl4O5/c1-20-6-5-9-26(37)8-4-2-3-7-21-14-27(39-18-22-10-12-24(33)15-28(22)35)17-30(31(21)32(38)41-20)40-19-23-11-13-25(34)16-29(23)36/h10-17,20H,2-9,18-19H2,1H3. The molecule has 0 N–H and O–H groups in total. The van der Waals surface area contributed by atoms with E-state index in [1.165, 1.54) is 0 Å². The summed E-state index contributed by atoms with van der Waals surface area (Å²) in [5.74, 6) is 0.642. The number of carbonyl (C=O) groups excluding carboxylic acids is 2. The fourth-order valence-electron chi connectivity index (χ4n) is 4.69. The van der Waals surface area contributed by atoms with Gasteiger partial charge in [-0.2, -0.15) is 0 Å². The topological polar surface area (TPSA) is 61.8 Å². The number of esters is 1. The van der Waals surface area contributed by atoms with E-state index in [2.05, 4.69) is 0 Å². The first-order valence-corrected chi connectivity index (χ1v) is 15.2. The Kier molecular flexibility index (Phi) is 11.6. The second kappa shape index (κ2) is 15.2. The molecule has 4 rings (SSSR count). The van der Waals surface area contributed by atoms with Crippen LogP contribution in [-0.2, 0) is 29.2 Å². The molecule has 5 nitrogen and oxygen atoms in total. The highest BCUT2D eigenvalue weighted by atomic mass is 35.5. The number of aryl methyl sites for hydroxylation is 1. The van der Waals surface area contributed by atoms with Crippen LogP contribution >= 0.6 is 46.4 Å². The molecule has 1 unspecified atom stereocenters. The highest BCUT2D eigenvalue weighted by molar-refractivity contribution is 6.35. The molecule has 1 atom stereocenters. The van der Waals surface area contributed by atoms with Gasteiger partial charge in [-0.1, -0.05) is 65.0 Å². The van der Waals surface area contributed by atoms with Crippen LogP contribution in [0, 0.1) is 0 Å². The smallest absolute Gasteiger partial charge is 0.342 e. The number of hydrogen-bond acceptors (Lipinski definition) is 5. The summed E-state index contributed by atoms with van der Waals surface area (Å²) in [5, 5.41) is 2.02. The third-order valence-corrected chi connectivity index (χ3v) is 8.12. The summed E-state index contributed by atoms with van der Waals surface area (Å²) in [4.78, 5) is 25.8. The summed E-state index contributed by atoms with van der Waals surface area (Å²) in [6.45, 7) is 2.15. The Morgan fingerprint density at radius 1 is 0.756 bits per heavy atom. The zero-order valence-electron chi connectivity index (χ0n) is 22.8. The van der Waals surface area contributed by atoms with E-state index in [1.54, 1.807) is 36.4 Å². The minimum absolute atomic E-state index is 0.111. The van der Waals surface area contributed by atoms with Crippen LogP contribution in [0.3, 0.4) is 0 Å². The van der Waals surface area contributed by atoms with Crippen molar-refractivity contribution in [2.45, 2.75) is 77.6 Å². The maximum absolute atomic E-state index is 13.6. The van der Waals surface area contributed by atoms with Crippen LogP contribution in [0.2, 0.25) is 20.1 Å². The minimum atomic E-state index is -0.472. The van der Waals surface area contributed by atoms with Gasteiger partial charge in [0.1, 0.15) is 36.1 Å². The van der Waals surface area contributed by atoms with Gasteiger partial charge in [-0.15, -0.1) is 0 Å². The van der Waals surface area contributed by atoms with Crippen molar-refractivity contribution in [1.82, 2.24) is 0 Å². The van der Waals surface area contributed by atoms with Crippen LogP contribution in [-0.4, -0.2) is 17.9 Å². The first-order valence-electron chi connectivity index (χ1n) is 13.7. The Balaban J connectivity index is 1.68. The maximum atomic E-state index is 13.6. The van der Waals surface area contributed by atoms with E-state index in [4.69, 9.17) is 60.6 Å². The van der Waals surface area contributed by atoms with Gasteiger partial charge in [0.2, 0.25) is 0 Å². The molecule has 0 saturated heterocycles.